The van der Waals surface area contributed by atoms with Crippen LogP contribution in [0.2, 0.25) is 0 Å². The van der Waals surface area contributed by atoms with Crippen molar-refractivity contribution in [3.63, 3.8) is 0 Å². The Balaban J connectivity index is 3.39. The van der Waals surface area contributed by atoms with Crippen molar-refractivity contribution in [2.45, 2.75) is 65.8 Å². The topological polar surface area (TPSA) is 3.24 Å². The summed E-state index contributed by atoms with van der Waals surface area (Å²) in [5, 5.41) is 0. The third kappa shape index (κ3) is 6.42. The Hall–Kier alpha value is -0.0400. The van der Waals surface area contributed by atoms with Crippen molar-refractivity contribution in [1.29, 1.82) is 0 Å². The molecule has 86 valence electrons. The molecule has 0 bridgehead atoms. The summed E-state index contributed by atoms with van der Waals surface area (Å²) in [4.78, 5) is 2.50. The Morgan fingerprint density at radius 2 is 1.50 bits per heavy atom. The molecular weight excluding hydrogens is 170 g/mol. The van der Waals surface area contributed by atoms with Crippen LogP contribution >= 0.6 is 0 Å². The summed E-state index contributed by atoms with van der Waals surface area (Å²) < 4.78 is 0. The van der Waals surface area contributed by atoms with Gasteiger partial charge in [-0.05, 0) is 32.9 Å². The van der Waals surface area contributed by atoms with Gasteiger partial charge in [0.05, 0.1) is 0 Å². The van der Waals surface area contributed by atoms with E-state index in [2.05, 4.69) is 39.6 Å². The van der Waals surface area contributed by atoms with Gasteiger partial charge in [0.15, 0.2) is 0 Å². The van der Waals surface area contributed by atoms with Gasteiger partial charge in [-0.15, -0.1) is 0 Å². The highest BCUT2D eigenvalue weighted by atomic mass is 15.1. The van der Waals surface area contributed by atoms with Crippen LogP contribution < -0.4 is 0 Å². The van der Waals surface area contributed by atoms with Crippen LogP contribution in [0.5, 0.6) is 0 Å². The van der Waals surface area contributed by atoms with E-state index in [9.17, 15) is 0 Å². The molecule has 1 heteroatoms. The van der Waals surface area contributed by atoms with Crippen LogP contribution in [0.4, 0.5) is 0 Å². The van der Waals surface area contributed by atoms with Gasteiger partial charge < -0.3 is 4.90 Å². The maximum Gasteiger partial charge on any atom is 0.00868 e. The summed E-state index contributed by atoms with van der Waals surface area (Å²) in [6, 6.07) is 0.723. The van der Waals surface area contributed by atoms with Crippen molar-refractivity contribution < 1.29 is 0 Å². The zero-order valence-electron chi connectivity index (χ0n) is 10.8. The molecule has 0 heterocycles. The number of hydrogen-bond donors (Lipinski definition) is 0. The van der Waals surface area contributed by atoms with Crippen LogP contribution in [0.15, 0.2) is 0 Å². The minimum atomic E-state index is 0.723. The van der Waals surface area contributed by atoms with Gasteiger partial charge in [0.1, 0.15) is 0 Å². The molecule has 0 radical (unpaired) electrons. The van der Waals surface area contributed by atoms with Crippen molar-refractivity contribution in [3.05, 3.63) is 0 Å². The molecule has 1 atom stereocenters. The van der Waals surface area contributed by atoms with Gasteiger partial charge in [-0.25, -0.2) is 0 Å². The van der Waals surface area contributed by atoms with Gasteiger partial charge in [0.2, 0.25) is 0 Å². The van der Waals surface area contributed by atoms with Crippen LogP contribution in [0.1, 0.15) is 59.8 Å². The lowest BCUT2D eigenvalue weighted by atomic mass is 10.0. The summed E-state index contributed by atoms with van der Waals surface area (Å²) in [5.74, 6) is 0.774. The van der Waals surface area contributed by atoms with E-state index in [0.29, 0.717) is 0 Å². The molecule has 0 rings (SSSR count). The van der Waals surface area contributed by atoms with Crippen LogP contribution in [-0.2, 0) is 0 Å². The van der Waals surface area contributed by atoms with E-state index in [4.69, 9.17) is 0 Å². The smallest absolute Gasteiger partial charge is 0.00868 e. The Morgan fingerprint density at radius 3 is 2.00 bits per heavy atom. The zero-order chi connectivity index (χ0) is 11.0. The Kier molecular flexibility index (Phi) is 8.26. The second-order valence-electron chi connectivity index (χ2n) is 4.88. The van der Waals surface area contributed by atoms with Crippen molar-refractivity contribution >= 4 is 0 Å². The molecule has 0 N–H and O–H groups in total. The lowest BCUT2D eigenvalue weighted by Crippen LogP contribution is -2.33. The molecule has 0 aliphatic rings. The normalized spacial score (nSPS) is 13.9. The van der Waals surface area contributed by atoms with Gasteiger partial charge in [-0.1, -0.05) is 46.5 Å². The molecule has 14 heavy (non-hydrogen) atoms. The maximum atomic E-state index is 2.50. The lowest BCUT2D eigenvalue weighted by molar-refractivity contribution is 0.204. The van der Waals surface area contributed by atoms with Crippen LogP contribution in [-0.4, -0.2) is 24.5 Å². The van der Waals surface area contributed by atoms with Crippen molar-refractivity contribution in [2.24, 2.45) is 5.92 Å². The molecule has 0 saturated heterocycles. The molecule has 0 fully saturated rings. The minimum absolute atomic E-state index is 0.723. The minimum Gasteiger partial charge on any atom is -0.303 e. The van der Waals surface area contributed by atoms with Crippen LogP contribution in [0, 0.1) is 5.92 Å². The van der Waals surface area contributed by atoms with Gasteiger partial charge in [0, 0.05) is 6.04 Å². The first kappa shape index (κ1) is 14.0. The second kappa shape index (κ2) is 8.28. The van der Waals surface area contributed by atoms with Crippen molar-refractivity contribution in [2.75, 3.05) is 13.6 Å². The molecule has 0 aliphatic carbocycles. The SMILES string of the molecule is CCCCCCCN(C)C(C)C(C)C. The predicted molar refractivity (Wildman–Crippen MR) is 65.7 cm³/mol. The standard InChI is InChI=1S/C13H29N/c1-6-7-8-9-10-11-14(5)13(4)12(2)3/h12-13H,6-11H2,1-5H3. The quantitative estimate of drug-likeness (QED) is 0.535. The van der Waals surface area contributed by atoms with Gasteiger partial charge >= 0.3 is 0 Å². The molecule has 0 amide bonds. The highest BCUT2D eigenvalue weighted by molar-refractivity contribution is 4.66. The number of rotatable bonds is 8. The maximum absolute atomic E-state index is 2.50. The second-order valence-corrected chi connectivity index (χ2v) is 4.88. The van der Waals surface area contributed by atoms with Gasteiger partial charge in [-0.2, -0.15) is 0 Å². The lowest BCUT2D eigenvalue weighted by Gasteiger charge is -2.27. The van der Waals surface area contributed by atoms with Crippen molar-refractivity contribution in [1.82, 2.24) is 4.90 Å². The van der Waals surface area contributed by atoms with E-state index in [0.717, 1.165) is 12.0 Å². The molecule has 1 unspecified atom stereocenters. The largest absolute Gasteiger partial charge is 0.303 e. The van der Waals surface area contributed by atoms with E-state index < -0.39 is 0 Å². The summed E-state index contributed by atoms with van der Waals surface area (Å²) in [7, 11) is 2.25. The van der Waals surface area contributed by atoms with E-state index in [1.54, 1.807) is 0 Å². The molecule has 0 aromatic heterocycles. The Labute approximate surface area is 90.9 Å². The predicted octanol–water partition coefficient (Wildman–Crippen LogP) is 3.93. The first-order chi connectivity index (χ1) is 6.59. The summed E-state index contributed by atoms with van der Waals surface area (Å²) in [6.07, 6.45) is 6.94. The molecule has 0 aliphatic heterocycles. The highest BCUT2D eigenvalue weighted by Gasteiger charge is 2.11. The molecule has 1 nitrogen and oxygen atoms in total. The fourth-order valence-electron chi connectivity index (χ4n) is 1.68. The fraction of sp³-hybridized carbons (Fsp3) is 1.00. The average molecular weight is 199 g/mol. The molecule has 0 aromatic rings. The third-order valence-electron chi connectivity index (χ3n) is 3.27. The van der Waals surface area contributed by atoms with Gasteiger partial charge in [0.25, 0.3) is 0 Å². The first-order valence-electron chi connectivity index (χ1n) is 6.29. The first-order valence-corrected chi connectivity index (χ1v) is 6.29. The van der Waals surface area contributed by atoms with E-state index in [-0.39, 0.29) is 0 Å². The average Bonchev–Trinajstić information content (AvgIpc) is 2.16. The molecule has 0 aromatic carbocycles. The number of hydrogen-bond acceptors (Lipinski definition) is 1. The van der Waals surface area contributed by atoms with Crippen molar-refractivity contribution in [3.8, 4) is 0 Å². The Bertz CT molecular complexity index is 120. The monoisotopic (exact) mass is 199 g/mol. The zero-order valence-corrected chi connectivity index (χ0v) is 10.8. The summed E-state index contributed by atoms with van der Waals surface area (Å²) in [6.45, 7) is 10.5. The fourth-order valence-corrected chi connectivity index (χ4v) is 1.68. The summed E-state index contributed by atoms with van der Waals surface area (Å²) in [5.41, 5.74) is 0. The number of unbranched alkanes of at least 4 members (excludes halogenated alkanes) is 4. The Morgan fingerprint density at radius 1 is 0.929 bits per heavy atom. The van der Waals surface area contributed by atoms with E-state index in [1.807, 2.05) is 0 Å². The molecular formula is C13H29N. The highest BCUT2D eigenvalue weighted by Crippen LogP contribution is 2.10. The van der Waals surface area contributed by atoms with Crippen LogP contribution in [0.25, 0.3) is 0 Å². The molecule has 0 saturated carbocycles. The van der Waals surface area contributed by atoms with Gasteiger partial charge in [-0.3, -0.25) is 0 Å². The summed E-state index contributed by atoms with van der Waals surface area (Å²) >= 11 is 0. The van der Waals surface area contributed by atoms with E-state index in [1.165, 1.54) is 38.6 Å². The van der Waals surface area contributed by atoms with E-state index >= 15 is 0 Å². The van der Waals surface area contributed by atoms with Crippen LogP contribution in [0.3, 0.4) is 0 Å². The number of nitrogens with zero attached hydrogens (tertiary/aromatic N) is 1. The third-order valence-corrected chi connectivity index (χ3v) is 3.27. The molecule has 0 spiro atoms.